The molecule has 0 aliphatic rings. The van der Waals surface area contributed by atoms with Gasteiger partial charge in [0.2, 0.25) is 12.3 Å². The molecule has 2 amide bonds. The maximum atomic E-state index is 11.2. The van der Waals surface area contributed by atoms with Crippen molar-refractivity contribution < 1.29 is 14.3 Å². The molecule has 1 aromatic rings. The first kappa shape index (κ1) is 16.8. The fraction of sp³-hybridized carbons (Fsp3) is 0.375. The van der Waals surface area contributed by atoms with E-state index in [0.717, 1.165) is 16.9 Å². The molecule has 1 aromatic carbocycles. The molecular weight excluding hydrogens is 268 g/mol. The number of hydrogen-bond donors (Lipinski definition) is 2. The van der Waals surface area contributed by atoms with Gasteiger partial charge in [0.1, 0.15) is 11.8 Å². The number of nitrogens with one attached hydrogen (secondary N) is 1. The second-order valence-electron chi connectivity index (χ2n) is 5.08. The third-order valence-electron chi connectivity index (χ3n) is 3.08. The normalized spacial score (nSPS) is 11.4. The molecule has 0 heterocycles. The Balaban J connectivity index is 2.83. The van der Waals surface area contributed by atoms with E-state index in [-0.39, 0.29) is 0 Å². The number of methoxy groups -OCH3 is 1. The lowest BCUT2D eigenvalue weighted by molar-refractivity contribution is -0.122. The summed E-state index contributed by atoms with van der Waals surface area (Å²) in [6.45, 7) is 4.05. The Kier molecular flexibility index (Phi) is 6.46. The second-order valence-corrected chi connectivity index (χ2v) is 5.08. The second kappa shape index (κ2) is 8.09. The molecule has 0 bridgehead atoms. The predicted octanol–water partition coefficient (Wildman–Crippen LogP) is 1.65. The Morgan fingerprint density at radius 2 is 2.14 bits per heavy atom. The molecule has 1 rings (SSSR count). The Labute approximate surface area is 125 Å². The molecule has 0 aromatic heterocycles. The van der Waals surface area contributed by atoms with Crippen molar-refractivity contribution >= 4 is 18.4 Å². The molecule has 0 spiro atoms. The average molecular weight is 290 g/mol. The third kappa shape index (κ3) is 5.30. The number of amides is 2. The van der Waals surface area contributed by atoms with Gasteiger partial charge < -0.3 is 15.8 Å². The summed E-state index contributed by atoms with van der Waals surface area (Å²) in [6, 6.07) is 5.25. The number of allylic oxidation sites excluding steroid dienone is 1. The van der Waals surface area contributed by atoms with Crippen LogP contribution in [-0.2, 0) is 16.0 Å². The van der Waals surface area contributed by atoms with Crippen molar-refractivity contribution in [3.05, 3.63) is 34.9 Å². The van der Waals surface area contributed by atoms with E-state index in [0.29, 0.717) is 19.3 Å². The van der Waals surface area contributed by atoms with Gasteiger partial charge in [0.05, 0.1) is 7.11 Å². The molecule has 1 unspecified atom stereocenters. The summed E-state index contributed by atoms with van der Waals surface area (Å²) in [7, 11) is 1.63. The Hall–Kier alpha value is -2.30. The number of carbonyl (C=O) groups excluding carboxylic acids is 2. The van der Waals surface area contributed by atoms with E-state index in [2.05, 4.69) is 5.32 Å². The van der Waals surface area contributed by atoms with Crippen molar-refractivity contribution in [3.63, 3.8) is 0 Å². The van der Waals surface area contributed by atoms with Gasteiger partial charge in [-0.3, -0.25) is 9.59 Å². The van der Waals surface area contributed by atoms with Crippen LogP contribution in [0, 0.1) is 0 Å². The van der Waals surface area contributed by atoms with Gasteiger partial charge in [0.25, 0.3) is 0 Å². The van der Waals surface area contributed by atoms with Crippen LogP contribution >= 0.6 is 0 Å². The SMILES string of the molecule is COc1cc(CCC(NC=O)C(N)=O)ccc1C=C(C)C. The van der Waals surface area contributed by atoms with Crippen molar-refractivity contribution in [2.24, 2.45) is 5.73 Å². The highest BCUT2D eigenvalue weighted by atomic mass is 16.5. The number of ether oxygens (including phenoxy) is 1. The van der Waals surface area contributed by atoms with E-state index in [9.17, 15) is 9.59 Å². The summed E-state index contributed by atoms with van der Waals surface area (Å²) in [5.41, 5.74) is 8.45. The highest BCUT2D eigenvalue weighted by Crippen LogP contribution is 2.23. The van der Waals surface area contributed by atoms with Crippen molar-refractivity contribution in [1.29, 1.82) is 0 Å². The summed E-state index contributed by atoms with van der Waals surface area (Å²) >= 11 is 0. The maximum Gasteiger partial charge on any atom is 0.240 e. The maximum absolute atomic E-state index is 11.2. The zero-order valence-corrected chi connectivity index (χ0v) is 12.7. The van der Waals surface area contributed by atoms with Crippen molar-refractivity contribution in [2.75, 3.05) is 7.11 Å². The number of carbonyl (C=O) groups is 2. The van der Waals surface area contributed by atoms with Gasteiger partial charge in [-0.2, -0.15) is 0 Å². The van der Waals surface area contributed by atoms with Crippen LogP contribution in [-0.4, -0.2) is 25.5 Å². The fourth-order valence-electron chi connectivity index (χ4n) is 2.04. The molecule has 1 atom stereocenters. The van der Waals surface area contributed by atoms with E-state index >= 15 is 0 Å². The summed E-state index contributed by atoms with van der Waals surface area (Å²) in [5.74, 6) is 0.253. The lowest BCUT2D eigenvalue weighted by Gasteiger charge is -2.13. The number of rotatable bonds is 8. The van der Waals surface area contributed by atoms with E-state index in [4.69, 9.17) is 10.5 Å². The Bertz CT molecular complexity index is 534. The Morgan fingerprint density at radius 1 is 1.43 bits per heavy atom. The highest BCUT2D eigenvalue weighted by Gasteiger charge is 2.14. The van der Waals surface area contributed by atoms with Crippen LogP contribution in [0.3, 0.4) is 0 Å². The molecule has 3 N–H and O–H groups in total. The van der Waals surface area contributed by atoms with Crippen LogP contribution in [0.25, 0.3) is 6.08 Å². The first-order valence-electron chi connectivity index (χ1n) is 6.78. The van der Waals surface area contributed by atoms with Crippen LogP contribution in [0.2, 0.25) is 0 Å². The minimum absolute atomic E-state index is 0.458. The fourth-order valence-corrected chi connectivity index (χ4v) is 2.04. The van der Waals surface area contributed by atoms with Crippen LogP contribution in [0.1, 0.15) is 31.4 Å². The molecular formula is C16H22N2O3. The molecule has 0 aliphatic heterocycles. The van der Waals surface area contributed by atoms with Crippen molar-refractivity contribution in [2.45, 2.75) is 32.7 Å². The van der Waals surface area contributed by atoms with Gasteiger partial charge in [-0.1, -0.05) is 23.8 Å². The zero-order valence-electron chi connectivity index (χ0n) is 12.7. The van der Waals surface area contributed by atoms with Gasteiger partial charge in [0.15, 0.2) is 0 Å². The lowest BCUT2D eigenvalue weighted by Crippen LogP contribution is -2.40. The number of nitrogens with two attached hydrogens (primary N) is 1. The van der Waals surface area contributed by atoms with E-state index in [1.54, 1.807) is 7.11 Å². The topological polar surface area (TPSA) is 81.4 Å². The first-order chi connectivity index (χ1) is 9.97. The molecule has 5 nitrogen and oxygen atoms in total. The summed E-state index contributed by atoms with van der Waals surface area (Å²) < 4.78 is 5.38. The zero-order chi connectivity index (χ0) is 15.8. The largest absolute Gasteiger partial charge is 0.496 e. The average Bonchev–Trinajstić information content (AvgIpc) is 2.43. The van der Waals surface area contributed by atoms with Gasteiger partial charge in [0, 0.05) is 5.56 Å². The standard InChI is InChI=1S/C16H22N2O3/c1-11(2)8-13-6-4-12(9-15(13)21-3)5-7-14(16(17)20)18-10-19/h4,6,8-10,14H,5,7H2,1-3H3,(H2,17,20)(H,18,19). The number of aryl methyl sites for hydroxylation is 1. The molecule has 0 saturated heterocycles. The molecule has 21 heavy (non-hydrogen) atoms. The van der Waals surface area contributed by atoms with Crippen LogP contribution in [0.4, 0.5) is 0 Å². The summed E-state index contributed by atoms with van der Waals surface area (Å²) in [5, 5.41) is 2.42. The quantitative estimate of drug-likeness (QED) is 0.714. The summed E-state index contributed by atoms with van der Waals surface area (Å²) in [6.07, 6.45) is 3.62. The molecule has 0 fully saturated rings. The van der Waals surface area contributed by atoms with Gasteiger partial charge in [-0.15, -0.1) is 0 Å². The minimum atomic E-state index is -0.647. The van der Waals surface area contributed by atoms with Gasteiger partial charge in [-0.25, -0.2) is 0 Å². The Morgan fingerprint density at radius 3 is 2.67 bits per heavy atom. The number of hydrogen-bond acceptors (Lipinski definition) is 3. The van der Waals surface area contributed by atoms with Crippen LogP contribution in [0.15, 0.2) is 23.8 Å². The monoisotopic (exact) mass is 290 g/mol. The molecule has 0 saturated carbocycles. The van der Waals surface area contributed by atoms with Crippen molar-refractivity contribution in [3.8, 4) is 5.75 Å². The number of primary amides is 1. The predicted molar refractivity (Wildman–Crippen MR) is 82.8 cm³/mol. The van der Waals surface area contributed by atoms with Gasteiger partial charge >= 0.3 is 0 Å². The highest BCUT2D eigenvalue weighted by molar-refractivity contribution is 5.81. The van der Waals surface area contributed by atoms with Crippen LogP contribution in [0.5, 0.6) is 5.75 Å². The summed E-state index contributed by atoms with van der Waals surface area (Å²) in [4.78, 5) is 21.6. The smallest absolute Gasteiger partial charge is 0.240 e. The van der Waals surface area contributed by atoms with Gasteiger partial charge in [-0.05, 0) is 38.3 Å². The molecule has 114 valence electrons. The number of benzene rings is 1. The van der Waals surface area contributed by atoms with Crippen LogP contribution < -0.4 is 15.8 Å². The lowest BCUT2D eigenvalue weighted by atomic mass is 10.0. The van der Waals surface area contributed by atoms with E-state index in [1.165, 1.54) is 5.57 Å². The minimum Gasteiger partial charge on any atom is -0.496 e. The molecule has 5 heteroatoms. The third-order valence-corrected chi connectivity index (χ3v) is 3.08. The van der Waals surface area contributed by atoms with Crippen molar-refractivity contribution in [1.82, 2.24) is 5.32 Å². The van der Waals surface area contributed by atoms with E-state index < -0.39 is 11.9 Å². The van der Waals surface area contributed by atoms with E-state index in [1.807, 2.05) is 38.1 Å². The molecule has 0 aliphatic carbocycles. The first-order valence-corrected chi connectivity index (χ1v) is 6.78. The molecule has 0 radical (unpaired) electrons.